The minimum Gasteiger partial charge on any atom is -0.273 e. The van der Waals surface area contributed by atoms with Gasteiger partial charge in [0.25, 0.3) is 0 Å². The topological polar surface area (TPSA) is 82.0 Å². The minimum absolute atomic E-state index is 0.340. The number of rotatable bonds is 1. The molecule has 0 saturated carbocycles. The second-order valence-corrected chi connectivity index (χ2v) is 2.72. The Morgan fingerprint density at radius 3 is 2.60 bits per heavy atom. The van der Waals surface area contributed by atoms with Crippen LogP contribution in [0.2, 0.25) is 0 Å². The first-order valence-electron chi connectivity index (χ1n) is 2.34. The number of nitrogens with zero attached hydrogens (tertiary/aromatic N) is 2. The third-order valence-corrected chi connectivity index (χ3v) is 1.39. The molecule has 0 aromatic rings. The van der Waals surface area contributed by atoms with Crippen molar-refractivity contribution in [1.82, 2.24) is 9.95 Å². The lowest BCUT2D eigenvalue weighted by atomic mass is 10.7. The smallest absolute Gasteiger partial charge is 0.273 e. The van der Waals surface area contributed by atoms with Crippen LogP contribution < -0.4 is 5.43 Å². The summed E-state index contributed by atoms with van der Waals surface area (Å²) in [5.41, 5.74) is 2.18. The minimum atomic E-state index is -4.25. The van der Waals surface area contributed by atoms with Crippen LogP contribution in [-0.4, -0.2) is 23.7 Å². The van der Waals surface area contributed by atoms with Gasteiger partial charge < -0.3 is 0 Å². The highest BCUT2D eigenvalue weighted by Crippen LogP contribution is 1.94. The second-order valence-electron chi connectivity index (χ2n) is 1.47. The van der Waals surface area contributed by atoms with Gasteiger partial charge in [-0.15, -0.1) is 5.10 Å². The lowest BCUT2D eigenvalue weighted by Crippen LogP contribution is -2.36. The summed E-state index contributed by atoms with van der Waals surface area (Å²) in [6.07, 6.45) is 4.03. The first-order valence-corrected chi connectivity index (χ1v) is 3.73. The molecule has 1 aliphatic rings. The molecule has 0 aromatic carbocycles. The molecule has 0 amide bonds. The average molecular weight is 163 g/mol. The van der Waals surface area contributed by atoms with Crippen LogP contribution in [0.1, 0.15) is 0 Å². The van der Waals surface area contributed by atoms with E-state index >= 15 is 0 Å². The molecule has 0 spiro atoms. The lowest BCUT2D eigenvalue weighted by molar-refractivity contribution is 0.323. The Hall–Kier alpha value is -1.08. The van der Waals surface area contributed by atoms with E-state index < -0.39 is 10.3 Å². The average Bonchev–Trinajstić information content (AvgIpc) is 1.88. The monoisotopic (exact) mass is 163 g/mol. The van der Waals surface area contributed by atoms with Gasteiger partial charge in [-0.05, 0) is 6.08 Å². The van der Waals surface area contributed by atoms with Gasteiger partial charge in [-0.2, -0.15) is 8.42 Å². The van der Waals surface area contributed by atoms with Crippen molar-refractivity contribution in [2.24, 2.45) is 5.10 Å². The van der Waals surface area contributed by atoms with Crippen LogP contribution in [0.3, 0.4) is 0 Å². The molecule has 1 heterocycles. The maximum atomic E-state index is 10.3. The SMILES string of the molecule is O=S(=O)(O)N1N=CC=CN1. The highest BCUT2D eigenvalue weighted by Gasteiger charge is 2.14. The van der Waals surface area contributed by atoms with Gasteiger partial charge in [0.15, 0.2) is 0 Å². The van der Waals surface area contributed by atoms with Crippen LogP contribution in [0, 0.1) is 0 Å². The highest BCUT2D eigenvalue weighted by molar-refractivity contribution is 7.83. The van der Waals surface area contributed by atoms with Crippen molar-refractivity contribution in [2.75, 3.05) is 0 Å². The van der Waals surface area contributed by atoms with Gasteiger partial charge in [-0.1, -0.05) is 4.52 Å². The fourth-order valence-electron chi connectivity index (χ4n) is 0.408. The Bertz CT molecular complexity index is 267. The number of allylic oxidation sites excluding steroid dienone is 1. The van der Waals surface area contributed by atoms with Crippen LogP contribution in [0.25, 0.3) is 0 Å². The van der Waals surface area contributed by atoms with Gasteiger partial charge in [0.1, 0.15) is 0 Å². The third kappa shape index (κ3) is 1.45. The quantitative estimate of drug-likeness (QED) is 0.491. The van der Waals surface area contributed by atoms with E-state index in [0.29, 0.717) is 4.52 Å². The molecule has 7 heteroatoms. The predicted molar refractivity (Wildman–Crippen MR) is 34.2 cm³/mol. The largest absolute Gasteiger partial charge is 0.393 e. The Morgan fingerprint density at radius 1 is 1.60 bits per heavy atom. The molecule has 2 N–H and O–H groups in total. The molecule has 1 aliphatic heterocycles. The molecule has 0 atom stereocenters. The van der Waals surface area contributed by atoms with Crippen molar-refractivity contribution < 1.29 is 13.0 Å². The number of hydrazine groups is 1. The van der Waals surface area contributed by atoms with E-state index in [-0.39, 0.29) is 0 Å². The lowest BCUT2D eigenvalue weighted by Gasteiger charge is -2.14. The number of nitrogens with one attached hydrogen (secondary N) is 1. The van der Waals surface area contributed by atoms with E-state index in [4.69, 9.17) is 4.55 Å². The molecule has 0 saturated heterocycles. The molecular weight excluding hydrogens is 158 g/mol. The van der Waals surface area contributed by atoms with Gasteiger partial charge in [0.05, 0.1) is 6.21 Å². The summed E-state index contributed by atoms with van der Waals surface area (Å²) in [5.74, 6) is 0. The van der Waals surface area contributed by atoms with Gasteiger partial charge in [-0.25, -0.2) is 0 Å². The fourth-order valence-corrected chi connectivity index (χ4v) is 0.776. The van der Waals surface area contributed by atoms with Gasteiger partial charge in [0, 0.05) is 6.20 Å². The number of hydrazone groups is 1. The summed E-state index contributed by atoms with van der Waals surface area (Å²) in [5, 5.41) is 3.27. The van der Waals surface area contributed by atoms with Gasteiger partial charge in [0.2, 0.25) is 0 Å². The van der Waals surface area contributed by atoms with Crippen molar-refractivity contribution >= 4 is 16.5 Å². The second kappa shape index (κ2) is 2.27. The zero-order valence-electron chi connectivity index (χ0n) is 4.80. The molecule has 1 rings (SSSR count). The van der Waals surface area contributed by atoms with E-state index in [9.17, 15) is 8.42 Å². The van der Waals surface area contributed by atoms with Crippen LogP contribution in [0.4, 0.5) is 0 Å². The maximum Gasteiger partial charge on any atom is 0.393 e. The summed E-state index contributed by atoms with van der Waals surface area (Å²) in [6, 6.07) is 0. The molecule has 0 unspecified atom stereocenters. The first kappa shape index (κ1) is 7.03. The van der Waals surface area contributed by atoms with Crippen LogP contribution >= 0.6 is 0 Å². The Labute approximate surface area is 57.7 Å². The van der Waals surface area contributed by atoms with Crippen molar-refractivity contribution in [3.63, 3.8) is 0 Å². The molecule has 56 valence electrons. The summed E-state index contributed by atoms with van der Waals surface area (Å²) in [7, 11) is -4.25. The molecule has 0 fully saturated rings. The van der Waals surface area contributed by atoms with Crippen molar-refractivity contribution in [3.8, 4) is 0 Å². The normalized spacial score (nSPS) is 17.1. The first-order chi connectivity index (χ1) is 4.61. The van der Waals surface area contributed by atoms with Crippen molar-refractivity contribution in [3.05, 3.63) is 12.3 Å². The summed E-state index contributed by atoms with van der Waals surface area (Å²) in [6.45, 7) is 0. The Kier molecular flexibility index (Phi) is 1.60. The zero-order valence-corrected chi connectivity index (χ0v) is 5.61. The maximum absolute atomic E-state index is 10.3. The molecule has 0 bridgehead atoms. The predicted octanol–water partition coefficient (Wildman–Crippen LogP) is -0.891. The zero-order chi connectivity index (χ0) is 7.61. The van der Waals surface area contributed by atoms with Crippen LogP contribution in [-0.2, 0) is 10.3 Å². The Morgan fingerprint density at radius 2 is 2.30 bits per heavy atom. The van der Waals surface area contributed by atoms with Gasteiger partial charge >= 0.3 is 10.3 Å². The van der Waals surface area contributed by atoms with Gasteiger partial charge in [-0.3, -0.25) is 9.98 Å². The summed E-state index contributed by atoms with van der Waals surface area (Å²) in [4.78, 5) is 0. The van der Waals surface area contributed by atoms with Crippen LogP contribution in [0.5, 0.6) is 0 Å². The summed E-state index contributed by atoms with van der Waals surface area (Å²) < 4.78 is 29.2. The van der Waals surface area contributed by atoms with Crippen molar-refractivity contribution in [1.29, 1.82) is 0 Å². The Balaban J connectivity index is 2.79. The van der Waals surface area contributed by atoms with E-state index in [1.807, 2.05) is 0 Å². The molecule has 6 nitrogen and oxygen atoms in total. The summed E-state index contributed by atoms with van der Waals surface area (Å²) >= 11 is 0. The van der Waals surface area contributed by atoms with E-state index in [0.717, 1.165) is 0 Å². The van der Waals surface area contributed by atoms with E-state index in [1.54, 1.807) is 0 Å². The highest BCUT2D eigenvalue weighted by atomic mass is 32.2. The number of hydrogen-bond acceptors (Lipinski definition) is 4. The molecule has 0 aromatic heterocycles. The van der Waals surface area contributed by atoms with Crippen molar-refractivity contribution in [2.45, 2.75) is 0 Å². The van der Waals surface area contributed by atoms with E-state index in [2.05, 4.69) is 10.5 Å². The fraction of sp³-hybridized carbons (Fsp3) is 0. The van der Waals surface area contributed by atoms with Crippen LogP contribution in [0.15, 0.2) is 17.4 Å². The standard InChI is InChI=1S/C3H5N3O3S/c7-10(8,9)6-4-2-1-3-5-6/h1-4H,(H,7,8,9). The molecular formula is C3H5N3O3S. The molecule has 0 aliphatic carbocycles. The number of hydrogen-bond donors (Lipinski definition) is 2. The van der Waals surface area contributed by atoms with E-state index in [1.165, 1.54) is 18.5 Å². The third-order valence-electron chi connectivity index (χ3n) is 0.757. The molecule has 0 radical (unpaired) electrons. The molecule has 10 heavy (non-hydrogen) atoms.